The van der Waals surface area contributed by atoms with Crippen molar-refractivity contribution in [2.75, 3.05) is 6.54 Å². The zero-order valence-corrected chi connectivity index (χ0v) is 13.1. The lowest BCUT2D eigenvalue weighted by molar-refractivity contribution is 0.547. The summed E-state index contributed by atoms with van der Waals surface area (Å²) in [6.45, 7) is 9.82. The number of thiophene rings is 1. The van der Waals surface area contributed by atoms with Gasteiger partial charge in [-0.2, -0.15) is 11.3 Å². The summed E-state index contributed by atoms with van der Waals surface area (Å²) in [4.78, 5) is 0. The molecule has 0 aliphatic rings. The van der Waals surface area contributed by atoms with E-state index in [1.807, 2.05) is 0 Å². The topological polar surface area (TPSA) is 12.0 Å². The lowest BCUT2D eigenvalue weighted by atomic mass is 9.93. The largest absolute Gasteiger partial charge is 0.310 e. The Morgan fingerprint density at radius 3 is 2.26 bits per heavy atom. The maximum Gasteiger partial charge on any atom is 0.0371 e. The van der Waals surface area contributed by atoms with Gasteiger partial charge in [0.25, 0.3) is 0 Å². The third-order valence-corrected chi connectivity index (χ3v) is 4.65. The van der Waals surface area contributed by atoms with Crippen LogP contribution in [0.5, 0.6) is 0 Å². The van der Waals surface area contributed by atoms with Gasteiger partial charge in [0.15, 0.2) is 0 Å². The minimum absolute atomic E-state index is 0.427. The van der Waals surface area contributed by atoms with Gasteiger partial charge in [-0.15, -0.1) is 0 Å². The Bertz CT molecular complexity index is 522. The lowest BCUT2D eigenvalue weighted by Crippen LogP contribution is -2.23. The van der Waals surface area contributed by atoms with Crippen LogP contribution in [0.15, 0.2) is 29.0 Å². The van der Waals surface area contributed by atoms with Crippen LogP contribution in [0.1, 0.15) is 40.8 Å². The van der Waals surface area contributed by atoms with E-state index in [0.29, 0.717) is 6.04 Å². The molecule has 2 aromatic rings. The Kier molecular flexibility index (Phi) is 4.78. The molecule has 19 heavy (non-hydrogen) atoms. The second-order valence-corrected chi connectivity index (χ2v) is 5.94. The molecule has 1 heterocycles. The molecule has 102 valence electrons. The van der Waals surface area contributed by atoms with Crippen molar-refractivity contribution in [2.24, 2.45) is 0 Å². The monoisotopic (exact) mass is 273 g/mol. The van der Waals surface area contributed by atoms with Crippen molar-refractivity contribution < 1.29 is 0 Å². The third kappa shape index (κ3) is 3.26. The first kappa shape index (κ1) is 14.3. The highest BCUT2D eigenvalue weighted by atomic mass is 32.1. The number of hydrogen-bond donors (Lipinski definition) is 1. The summed E-state index contributed by atoms with van der Waals surface area (Å²) in [6.07, 6.45) is 1.07. The summed E-state index contributed by atoms with van der Waals surface area (Å²) < 4.78 is 0. The molecule has 0 spiro atoms. The predicted molar refractivity (Wildman–Crippen MR) is 85.1 cm³/mol. The Balaban J connectivity index is 2.29. The molecule has 0 saturated carbocycles. The highest BCUT2D eigenvalue weighted by molar-refractivity contribution is 7.08. The van der Waals surface area contributed by atoms with Crippen LogP contribution in [-0.2, 0) is 6.42 Å². The molecule has 1 aromatic carbocycles. The van der Waals surface area contributed by atoms with E-state index < -0.39 is 0 Å². The van der Waals surface area contributed by atoms with Gasteiger partial charge < -0.3 is 5.32 Å². The second-order valence-electron chi connectivity index (χ2n) is 5.19. The minimum Gasteiger partial charge on any atom is -0.310 e. The second kappa shape index (κ2) is 6.36. The fourth-order valence-electron chi connectivity index (χ4n) is 2.64. The molecule has 2 heteroatoms. The average molecular weight is 273 g/mol. The van der Waals surface area contributed by atoms with Crippen molar-refractivity contribution in [3.05, 3.63) is 56.8 Å². The van der Waals surface area contributed by atoms with Gasteiger partial charge in [0.2, 0.25) is 0 Å². The highest BCUT2D eigenvalue weighted by Crippen LogP contribution is 2.27. The van der Waals surface area contributed by atoms with Crippen molar-refractivity contribution >= 4 is 11.3 Å². The summed E-state index contributed by atoms with van der Waals surface area (Å²) in [5.41, 5.74) is 7.14. The van der Waals surface area contributed by atoms with E-state index in [-0.39, 0.29) is 0 Å². The summed E-state index contributed by atoms with van der Waals surface area (Å²) in [7, 11) is 0. The Labute approximate surface area is 120 Å². The average Bonchev–Trinajstić information content (AvgIpc) is 2.79. The molecule has 0 aliphatic heterocycles. The van der Waals surface area contributed by atoms with Crippen molar-refractivity contribution in [3.8, 4) is 0 Å². The van der Waals surface area contributed by atoms with Gasteiger partial charge in [-0.3, -0.25) is 0 Å². The van der Waals surface area contributed by atoms with E-state index in [1.165, 1.54) is 27.8 Å². The number of benzene rings is 1. The van der Waals surface area contributed by atoms with E-state index in [0.717, 1.165) is 13.0 Å². The minimum atomic E-state index is 0.427. The van der Waals surface area contributed by atoms with Crippen LogP contribution in [0, 0.1) is 20.8 Å². The summed E-state index contributed by atoms with van der Waals surface area (Å²) >= 11 is 1.80. The van der Waals surface area contributed by atoms with Gasteiger partial charge in [-0.1, -0.05) is 25.1 Å². The number of likely N-dealkylation sites (N-methyl/N-ethyl adjacent to an activating group) is 1. The molecule has 1 N–H and O–H groups in total. The van der Waals surface area contributed by atoms with E-state index in [1.54, 1.807) is 11.3 Å². The molecule has 0 amide bonds. The van der Waals surface area contributed by atoms with Crippen LogP contribution in [-0.4, -0.2) is 6.54 Å². The van der Waals surface area contributed by atoms with Gasteiger partial charge in [0, 0.05) is 6.04 Å². The molecule has 1 nitrogen and oxygen atoms in total. The predicted octanol–water partition coefficient (Wildman–Crippen LogP) is 4.57. The van der Waals surface area contributed by atoms with Crippen molar-refractivity contribution in [3.63, 3.8) is 0 Å². The van der Waals surface area contributed by atoms with E-state index in [9.17, 15) is 0 Å². The van der Waals surface area contributed by atoms with Gasteiger partial charge >= 0.3 is 0 Å². The quantitative estimate of drug-likeness (QED) is 0.841. The van der Waals surface area contributed by atoms with Crippen LogP contribution in [0.4, 0.5) is 0 Å². The molecule has 0 bridgehead atoms. The molecule has 0 radical (unpaired) electrons. The first-order valence-corrected chi connectivity index (χ1v) is 7.89. The molecule has 1 atom stereocenters. The molecule has 0 saturated heterocycles. The smallest absolute Gasteiger partial charge is 0.0371 e. The molecule has 1 aromatic heterocycles. The number of rotatable bonds is 5. The highest BCUT2D eigenvalue weighted by Gasteiger charge is 2.16. The van der Waals surface area contributed by atoms with Crippen molar-refractivity contribution in [1.82, 2.24) is 5.32 Å². The Hall–Kier alpha value is -1.12. The first-order valence-electron chi connectivity index (χ1n) is 6.94. The Morgan fingerprint density at radius 1 is 1.05 bits per heavy atom. The maximum absolute atomic E-state index is 3.64. The van der Waals surface area contributed by atoms with Gasteiger partial charge in [-0.05, 0) is 72.3 Å². The molecular weight excluding hydrogens is 250 g/mol. The van der Waals surface area contributed by atoms with E-state index >= 15 is 0 Å². The zero-order chi connectivity index (χ0) is 13.8. The SMILES string of the molecule is CCNC(Cc1c(C)cccc1C)c1cscc1C. The van der Waals surface area contributed by atoms with Gasteiger partial charge in [0.1, 0.15) is 0 Å². The Morgan fingerprint density at radius 2 is 1.74 bits per heavy atom. The van der Waals surface area contributed by atoms with Crippen molar-refractivity contribution in [1.29, 1.82) is 0 Å². The third-order valence-electron chi connectivity index (χ3n) is 3.77. The molecule has 0 fully saturated rings. The fraction of sp³-hybridized carbons (Fsp3) is 0.412. The van der Waals surface area contributed by atoms with Crippen LogP contribution in [0.25, 0.3) is 0 Å². The van der Waals surface area contributed by atoms with Crippen LogP contribution in [0.3, 0.4) is 0 Å². The lowest BCUT2D eigenvalue weighted by Gasteiger charge is -2.20. The standard InChI is InChI=1S/C17H23NS/c1-5-18-17(16-11-19-10-14(16)4)9-15-12(2)7-6-8-13(15)3/h6-8,10-11,17-18H,5,9H2,1-4H3. The summed E-state index contributed by atoms with van der Waals surface area (Å²) in [6, 6.07) is 7.00. The zero-order valence-electron chi connectivity index (χ0n) is 12.3. The van der Waals surface area contributed by atoms with Gasteiger partial charge in [0.05, 0.1) is 0 Å². The van der Waals surface area contributed by atoms with Crippen molar-refractivity contribution in [2.45, 2.75) is 40.2 Å². The molecular formula is C17H23NS. The summed E-state index contributed by atoms with van der Waals surface area (Å²) in [5.74, 6) is 0. The number of hydrogen-bond acceptors (Lipinski definition) is 2. The summed E-state index contributed by atoms with van der Waals surface area (Å²) in [5, 5.41) is 8.16. The number of nitrogens with one attached hydrogen (secondary N) is 1. The molecule has 2 rings (SSSR count). The van der Waals surface area contributed by atoms with Gasteiger partial charge in [-0.25, -0.2) is 0 Å². The normalized spacial score (nSPS) is 12.6. The van der Waals surface area contributed by atoms with E-state index in [2.05, 4.69) is 62.0 Å². The fourth-order valence-corrected chi connectivity index (χ4v) is 3.55. The number of aryl methyl sites for hydroxylation is 3. The van der Waals surface area contributed by atoms with Crippen LogP contribution in [0.2, 0.25) is 0 Å². The van der Waals surface area contributed by atoms with Crippen LogP contribution >= 0.6 is 11.3 Å². The molecule has 0 aliphatic carbocycles. The maximum atomic E-state index is 3.64. The van der Waals surface area contributed by atoms with Crippen LogP contribution < -0.4 is 5.32 Å². The first-order chi connectivity index (χ1) is 9.13. The molecule has 1 unspecified atom stereocenters. The van der Waals surface area contributed by atoms with E-state index in [4.69, 9.17) is 0 Å².